The van der Waals surface area contributed by atoms with Crippen LogP contribution in [-0.2, 0) is 0 Å². The first-order chi connectivity index (χ1) is 9.60. The number of ether oxygens (including phenoxy) is 1. The molecule has 1 heterocycles. The first kappa shape index (κ1) is 15.8. The molecule has 1 aromatic carbocycles. The third kappa shape index (κ3) is 4.20. The van der Waals surface area contributed by atoms with Gasteiger partial charge in [0.1, 0.15) is 5.75 Å². The second-order valence-electron chi connectivity index (χ2n) is 4.91. The minimum absolute atomic E-state index is 0.199. The summed E-state index contributed by atoms with van der Waals surface area (Å²) in [4.78, 5) is 0. The van der Waals surface area contributed by atoms with Crippen LogP contribution in [0.15, 0.2) is 35.7 Å². The summed E-state index contributed by atoms with van der Waals surface area (Å²) in [6.45, 7) is 7.18. The van der Waals surface area contributed by atoms with Gasteiger partial charge in [0, 0.05) is 0 Å². The van der Waals surface area contributed by atoms with E-state index in [0.717, 1.165) is 12.3 Å². The highest BCUT2D eigenvalue weighted by atomic mass is 127. The number of hydrogen-bond donors (Lipinski definition) is 1. The van der Waals surface area contributed by atoms with Crippen LogP contribution in [-0.4, -0.2) is 12.6 Å². The first-order valence-corrected chi connectivity index (χ1v) is 8.80. The number of rotatable bonds is 6. The van der Waals surface area contributed by atoms with Crippen molar-refractivity contribution in [2.75, 3.05) is 6.54 Å². The molecule has 2 rings (SSSR count). The van der Waals surface area contributed by atoms with E-state index in [4.69, 9.17) is 4.74 Å². The molecule has 0 aliphatic rings. The lowest BCUT2D eigenvalue weighted by Gasteiger charge is -2.19. The van der Waals surface area contributed by atoms with E-state index < -0.39 is 0 Å². The molecule has 0 saturated carbocycles. The molecule has 0 aliphatic heterocycles. The van der Waals surface area contributed by atoms with Crippen molar-refractivity contribution in [3.05, 3.63) is 49.7 Å². The molecule has 2 nitrogen and oxygen atoms in total. The van der Waals surface area contributed by atoms with Crippen molar-refractivity contribution in [2.24, 2.45) is 0 Å². The van der Waals surface area contributed by atoms with Crippen LogP contribution < -0.4 is 10.1 Å². The Kier molecular flexibility index (Phi) is 5.86. The Morgan fingerprint density at radius 2 is 2.05 bits per heavy atom. The van der Waals surface area contributed by atoms with E-state index in [-0.39, 0.29) is 12.1 Å². The number of thiophene rings is 1. The van der Waals surface area contributed by atoms with E-state index in [1.165, 1.54) is 14.0 Å². The highest BCUT2D eigenvalue weighted by Gasteiger charge is 2.15. The molecule has 0 fully saturated rings. The summed E-state index contributed by atoms with van der Waals surface area (Å²) in [6, 6.07) is 10.9. The maximum absolute atomic E-state index is 5.80. The average molecular weight is 401 g/mol. The molecule has 0 aliphatic carbocycles. The third-order valence-corrected chi connectivity index (χ3v) is 4.70. The van der Waals surface area contributed by atoms with Crippen LogP contribution in [0.1, 0.15) is 37.9 Å². The third-order valence-electron chi connectivity index (χ3n) is 2.89. The summed E-state index contributed by atoms with van der Waals surface area (Å²) >= 11 is 4.15. The van der Waals surface area contributed by atoms with Crippen LogP contribution in [0.2, 0.25) is 0 Å². The van der Waals surface area contributed by atoms with Gasteiger partial charge in [0.05, 0.1) is 15.0 Å². The number of halogens is 1. The number of hydrogen-bond acceptors (Lipinski definition) is 3. The fraction of sp³-hybridized carbons (Fsp3) is 0.375. The molecule has 108 valence electrons. The van der Waals surface area contributed by atoms with Crippen LogP contribution in [0.4, 0.5) is 0 Å². The molecule has 0 radical (unpaired) electrons. The Labute approximate surface area is 138 Å². The van der Waals surface area contributed by atoms with Gasteiger partial charge in [0.2, 0.25) is 0 Å². The van der Waals surface area contributed by atoms with E-state index in [0.29, 0.717) is 0 Å². The standard InChI is InChI=1S/C16H20INOS/c1-4-18-16(13-9-15(17)20-10-13)12-6-5-7-14(8-12)19-11(2)3/h5-11,16,18H,4H2,1-3H3. The minimum atomic E-state index is 0.199. The second-order valence-corrected chi connectivity index (χ2v) is 7.72. The molecule has 2 aromatic rings. The lowest BCUT2D eigenvalue weighted by Crippen LogP contribution is -2.21. The van der Waals surface area contributed by atoms with E-state index in [2.05, 4.69) is 78.3 Å². The molecular formula is C16H20INOS. The monoisotopic (exact) mass is 401 g/mol. The van der Waals surface area contributed by atoms with Crippen LogP contribution in [0, 0.1) is 2.88 Å². The highest BCUT2D eigenvalue weighted by molar-refractivity contribution is 14.1. The molecule has 0 spiro atoms. The van der Waals surface area contributed by atoms with Gasteiger partial charge < -0.3 is 10.1 Å². The minimum Gasteiger partial charge on any atom is -0.491 e. The van der Waals surface area contributed by atoms with Crippen LogP contribution in [0.5, 0.6) is 5.75 Å². The molecule has 4 heteroatoms. The van der Waals surface area contributed by atoms with Crippen molar-refractivity contribution in [3.63, 3.8) is 0 Å². The molecule has 1 aromatic heterocycles. The summed E-state index contributed by atoms with van der Waals surface area (Å²) in [6.07, 6.45) is 0.199. The summed E-state index contributed by atoms with van der Waals surface area (Å²) in [5, 5.41) is 5.78. The zero-order chi connectivity index (χ0) is 14.5. The second kappa shape index (κ2) is 7.43. The Hall–Kier alpha value is -0.590. The lowest BCUT2D eigenvalue weighted by molar-refractivity contribution is 0.242. The molecule has 0 bridgehead atoms. The Morgan fingerprint density at radius 3 is 2.65 bits per heavy atom. The maximum Gasteiger partial charge on any atom is 0.120 e. The van der Waals surface area contributed by atoms with Gasteiger partial charge in [-0.1, -0.05) is 19.1 Å². The van der Waals surface area contributed by atoms with Crippen LogP contribution in [0.3, 0.4) is 0 Å². The predicted octanol–water partition coefficient (Wildman–Crippen LogP) is 4.84. The van der Waals surface area contributed by atoms with Crippen molar-refractivity contribution in [2.45, 2.75) is 32.9 Å². The Morgan fingerprint density at radius 1 is 1.25 bits per heavy atom. The molecular weight excluding hydrogens is 381 g/mol. The summed E-state index contributed by atoms with van der Waals surface area (Å²) in [5.74, 6) is 0.935. The van der Waals surface area contributed by atoms with Crippen molar-refractivity contribution in [1.29, 1.82) is 0 Å². The average Bonchev–Trinajstić information content (AvgIpc) is 2.82. The lowest BCUT2D eigenvalue weighted by atomic mass is 10.0. The molecule has 1 atom stereocenters. The molecule has 1 unspecified atom stereocenters. The molecule has 0 saturated heterocycles. The van der Waals surface area contributed by atoms with Gasteiger partial charge in [-0.15, -0.1) is 11.3 Å². The largest absolute Gasteiger partial charge is 0.491 e. The predicted molar refractivity (Wildman–Crippen MR) is 94.8 cm³/mol. The Bertz CT molecular complexity index is 553. The fourth-order valence-corrected chi connectivity index (χ4v) is 3.54. The van der Waals surface area contributed by atoms with Crippen molar-refractivity contribution in [3.8, 4) is 5.75 Å². The molecule has 0 amide bonds. The molecule has 1 N–H and O–H groups in total. The first-order valence-electron chi connectivity index (χ1n) is 6.84. The summed E-state index contributed by atoms with van der Waals surface area (Å²) in [7, 11) is 0. The van der Waals surface area contributed by atoms with Gasteiger partial charge in [0.25, 0.3) is 0 Å². The zero-order valence-corrected chi connectivity index (χ0v) is 15.0. The summed E-state index contributed by atoms with van der Waals surface area (Å²) in [5.41, 5.74) is 2.57. The van der Waals surface area contributed by atoms with E-state index >= 15 is 0 Å². The quantitative estimate of drug-likeness (QED) is 0.700. The zero-order valence-electron chi connectivity index (χ0n) is 12.0. The van der Waals surface area contributed by atoms with Gasteiger partial charge in [-0.2, -0.15) is 0 Å². The smallest absolute Gasteiger partial charge is 0.120 e. The van der Waals surface area contributed by atoms with Crippen LogP contribution in [0.25, 0.3) is 0 Å². The molecule has 20 heavy (non-hydrogen) atoms. The van der Waals surface area contributed by atoms with Crippen LogP contribution >= 0.6 is 33.9 Å². The Balaban J connectivity index is 2.29. The van der Waals surface area contributed by atoms with E-state index in [9.17, 15) is 0 Å². The highest BCUT2D eigenvalue weighted by Crippen LogP contribution is 2.29. The topological polar surface area (TPSA) is 21.3 Å². The van der Waals surface area contributed by atoms with Crippen molar-refractivity contribution >= 4 is 33.9 Å². The van der Waals surface area contributed by atoms with Gasteiger partial charge in [-0.3, -0.25) is 0 Å². The van der Waals surface area contributed by atoms with E-state index in [1.807, 2.05) is 6.07 Å². The SMILES string of the molecule is CCNC(c1cccc(OC(C)C)c1)c1csc(I)c1. The van der Waals surface area contributed by atoms with Gasteiger partial charge in [0.15, 0.2) is 0 Å². The van der Waals surface area contributed by atoms with Crippen molar-refractivity contribution in [1.82, 2.24) is 5.32 Å². The maximum atomic E-state index is 5.80. The van der Waals surface area contributed by atoms with Crippen molar-refractivity contribution < 1.29 is 4.74 Å². The van der Waals surface area contributed by atoms with E-state index in [1.54, 1.807) is 11.3 Å². The number of benzene rings is 1. The fourth-order valence-electron chi connectivity index (χ4n) is 2.15. The summed E-state index contributed by atoms with van der Waals surface area (Å²) < 4.78 is 7.11. The normalized spacial score (nSPS) is 12.7. The van der Waals surface area contributed by atoms with Gasteiger partial charge in [-0.25, -0.2) is 0 Å². The number of nitrogens with one attached hydrogen (secondary N) is 1. The van der Waals surface area contributed by atoms with Gasteiger partial charge in [-0.05, 0) is 77.7 Å². The van der Waals surface area contributed by atoms with Gasteiger partial charge >= 0.3 is 0 Å².